The highest BCUT2D eigenvalue weighted by Crippen LogP contribution is 2.25. The van der Waals surface area contributed by atoms with Crippen LogP contribution in [-0.2, 0) is 0 Å². The number of pyridine rings is 2. The lowest BCUT2D eigenvalue weighted by Gasteiger charge is -2.16. The molecule has 0 fully saturated rings. The smallest absolute Gasteiger partial charge is 0.335 e. The number of nitrogens with zero attached hydrogens (tertiary/aromatic N) is 4. The van der Waals surface area contributed by atoms with Crippen LogP contribution in [-0.4, -0.2) is 42.3 Å². The van der Waals surface area contributed by atoms with Gasteiger partial charge in [0.25, 0.3) is 5.91 Å². The van der Waals surface area contributed by atoms with Crippen LogP contribution in [0.2, 0.25) is 0 Å². The van der Waals surface area contributed by atoms with Crippen molar-refractivity contribution in [1.29, 1.82) is 0 Å². The van der Waals surface area contributed by atoms with Crippen LogP contribution in [0.5, 0.6) is 0 Å². The molecule has 0 aliphatic carbocycles. The molecule has 0 unspecified atom stereocenters. The largest absolute Gasteiger partial charge is 0.478 e. The summed E-state index contributed by atoms with van der Waals surface area (Å²) in [6.07, 6.45) is 3.37. The standard InChI is InChI=1S/C32H23N5O4/c1-19(20-7-10-23(11-8-20)32(40)41)34-31(39)27-16-25(21-5-3-2-4-6-21)17-28-35-36-30(37(27)28)29(38)24-12-9-22-13-14-33-18-26(22)15-24/h2-19H,1H3,(H,34,39)(H,40,41)/t19-/m0/s1. The Balaban J connectivity index is 1.42. The van der Waals surface area contributed by atoms with Crippen LogP contribution in [0.4, 0.5) is 0 Å². The Kier molecular flexibility index (Phi) is 6.52. The van der Waals surface area contributed by atoms with Gasteiger partial charge in [-0.05, 0) is 65.4 Å². The second kappa shape index (κ2) is 10.5. The maximum atomic E-state index is 13.8. The van der Waals surface area contributed by atoms with E-state index in [4.69, 9.17) is 0 Å². The molecule has 0 radical (unpaired) electrons. The lowest BCUT2D eigenvalue weighted by molar-refractivity contribution is 0.0696. The number of rotatable bonds is 7. The van der Waals surface area contributed by atoms with E-state index in [0.717, 1.165) is 27.5 Å². The molecule has 3 aromatic carbocycles. The van der Waals surface area contributed by atoms with Gasteiger partial charge in [-0.25, -0.2) is 4.79 Å². The number of benzene rings is 3. The zero-order valence-electron chi connectivity index (χ0n) is 21.9. The molecule has 41 heavy (non-hydrogen) atoms. The Bertz CT molecular complexity index is 1950. The van der Waals surface area contributed by atoms with Crippen molar-refractivity contribution in [2.24, 2.45) is 0 Å². The van der Waals surface area contributed by atoms with Gasteiger partial charge >= 0.3 is 5.97 Å². The number of carboxylic acid groups (broad SMARTS) is 1. The number of ketones is 1. The number of carbonyl (C=O) groups is 3. The molecule has 0 aliphatic heterocycles. The summed E-state index contributed by atoms with van der Waals surface area (Å²) in [4.78, 5) is 42.9. The summed E-state index contributed by atoms with van der Waals surface area (Å²) in [5, 5.41) is 22.4. The maximum Gasteiger partial charge on any atom is 0.335 e. The van der Waals surface area contributed by atoms with Gasteiger partial charge in [-0.2, -0.15) is 0 Å². The summed E-state index contributed by atoms with van der Waals surface area (Å²) < 4.78 is 1.47. The first kappa shape index (κ1) is 25.6. The van der Waals surface area contributed by atoms with Gasteiger partial charge in [-0.3, -0.25) is 19.0 Å². The lowest BCUT2D eigenvalue weighted by Crippen LogP contribution is -2.29. The Labute approximate surface area is 234 Å². The van der Waals surface area contributed by atoms with Crippen LogP contribution in [0, 0.1) is 0 Å². The van der Waals surface area contributed by atoms with E-state index < -0.39 is 17.9 Å². The first-order valence-corrected chi connectivity index (χ1v) is 12.9. The van der Waals surface area contributed by atoms with Crippen molar-refractivity contribution in [3.05, 3.63) is 132 Å². The van der Waals surface area contributed by atoms with E-state index in [2.05, 4.69) is 20.5 Å². The predicted octanol–water partition coefficient (Wildman–Crippen LogP) is 5.36. The van der Waals surface area contributed by atoms with E-state index in [0.29, 0.717) is 11.2 Å². The molecule has 0 saturated heterocycles. The van der Waals surface area contributed by atoms with Crippen LogP contribution < -0.4 is 5.32 Å². The molecular formula is C32H23N5O4. The number of fused-ring (bicyclic) bond motifs is 2. The molecule has 0 bridgehead atoms. The molecular weight excluding hydrogens is 518 g/mol. The van der Waals surface area contributed by atoms with Crippen LogP contribution in [0.15, 0.2) is 103 Å². The Morgan fingerprint density at radius 3 is 2.32 bits per heavy atom. The molecule has 9 nitrogen and oxygen atoms in total. The third-order valence-corrected chi connectivity index (χ3v) is 6.96. The number of hydrogen-bond acceptors (Lipinski definition) is 6. The van der Waals surface area contributed by atoms with Crippen LogP contribution in [0.3, 0.4) is 0 Å². The second-order valence-electron chi connectivity index (χ2n) is 9.60. The summed E-state index contributed by atoms with van der Waals surface area (Å²) in [7, 11) is 0. The van der Waals surface area contributed by atoms with Crippen LogP contribution in [0.25, 0.3) is 27.5 Å². The minimum Gasteiger partial charge on any atom is -0.478 e. The Morgan fingerprint density at radius 1 is 0.805 bits per heavy atom. The zero-order valence-corrected chi connectivity index (χ0v) is 21.9. The number of nitrogens with one attached hydrogen (secondary N) is 1. The minimum atomic E-state index is -1.03. The number of carbonyl (C=O) groups excluding carboxylic acids is 2. The molecule has 6 rings (SSSR count). The molecule has 3 heterocycles. The van der Waals surface area contributed by atoms with E-state index >= 15 is 0 Å². The number of aromatic nitrogens is 4. The fraction of sp³-hybridized carbons (Fsp3) is 0.0625. The quantitative estimate of drug-likeness (QED) is 0.260. The molecule has 1 amide bonds. The number of hydrogen-bond donors (Lipinski definition) is 2. The van der Waals surface area contributed by atoms with Gasteiger partial charge in [-0.1, -0.05) is 54.6 Å². The van der Waals surface area contributed by atoms with Gasteiger partial charge in [0.05, 0.1) is 11.6 Å². The molecule has 200 valence electrons. The van der Waals surface area contributed by atoms with Crippen molar-refractivity contribution in [1.82, 2.24) is 24.9 Å². The maximum absolute atomic E-state index is 13.8. The fourth-order valence-corrected chi connectivity index (χ4v) is 4.76. The Morgan fingerprint density at radius 2 is 1.56 bits per heavy atom. The molecule has 9 heteroatoms. The van der Waals surface area contributed by atoms with Crippen molar-refractivity contribution >= 4 is 34.1 Å². The first-order chi connectivity index (χ1) is 19.9. The highest BCUT2D eigenvalue weighted by molar-refractivity contribution is 6.09. The molecule has 0 aliphatic rings. The average molecular weight is 542 g/mol. The van der Waals surface area contributed by atoms with Gasteiger partial charge in [0.1, 0.15) is 5.69 Å². The van der Waals surface area contributed by atoms with Crippen LogP contribution in [0.1, 0.15) is 55.6 Å². The predicted molar refractivity (Wildman–Crippen MR) is 153 cm³/mol. The van der Waals surface area contributed by atoms with E-state index in [1.165, 1.54) is 16.5 Å². The Hall–Kier alpha value is -5.70. The van der Waals surface area contributed by atoms with E-state index in [1.54, 1.807) is 55.7 Å². The van der Waals surface area contributed by atoms with Crippen molar-refractivity contribution < 1.29 is 19.5 Å². The van der Waals surface area contributed by atoms with Gasteiger partial charge in [-0.15, -0.1) is 10.2 Å². The number of amides is 1. The second-order valence-corrected chi connectivity index (χ2v) is 9.60. The van der Waals surface area contributed by atoms with Crippen molar-refractivity contribution in [2.75, 3.05) is 0 Å². The minimum absolute atomic E-state index is 0.00599. The van der Waals surface area contributed by atoms with Crippen molar-refractivity contribution in [3.8, 4) is 11.1 Å². The lowest BCUT2D eigenvalue weighted by atomic mass is 10.0. The molecule has 1 atom stereocenters. The van der Waals surface area contributed by atoms with Gasteiger partial charge in [0, 0.05) is 23.3 Å². The summed E-state index contributed by atoms with van der Waals surface area (Å²) in [6.45, 7) is 1.80. The van der Waals surface area contributed by atoms with Crippen molar-refractivity contribution in [3.63, 3.8) is 0 Å². The molecule has 2 N–H and O–H groups in total. The van der Waals surface area contributed by atoms with E-state index in [1.807, 2.05) is 42.5 Å². The van der Waals surface area contributed by atoms with Gasteiger partial charge in [0.2, 0.25) is 11.6 Å². The number of carboxylic acids is 1. The highest BCUT2D eigenvalue weighted by Gasteiger charge is 2.24. The van der Waals surface area contributed by atoms with E-state index in [-0.39, 0.29) is 22.9 Å². The van der Waals surface area contributed by atoms with Crippen LogP contribution >= 0.6 is 0 Å². The third-order valence-electron chi connectivity index (χ3n) is 6.96. The monoisotopic (exact) mass is 541 g/mol. The molecule has 0 spiro atoms. The average Bonchev–Trinajstić information content (AvgIpc) is 3.44. The summed E-state index contributed by atoms with van der Waals surface area (Å²) >= 11 is 0. The third kappa shape index (κ3) is 4.92. The fourth-order valence-electron chi connectivity index (χ4n) is 4.76. The molecule has 6 aromatic rings. The van der Waals surface area contributed by atoms with Gasteiger partial charge in [0.15, 0.2) is 5.65 Å². The molecule has 0 saturated carbocycles. The SMILES string of the molecule is C[C@H](NC(=O)c1cc(-c2ccccc2)cc2nnc(C(=O)c3ccc4ccncc4c3)n12)c1ccc(C(=O)O)cc1. The molecule has 3 aromatic heterocycles. The van der Waals surface area contributed by atoms with Gasteiger partial charge < -0.3 is 10.4 Å². The topological polar surface area (TPSA) is 127 Å². The summed E-state index contributed by atoms with van der Waals surface area (Å²) in [6, 6.07) is 26.0. The number of aromatic carboxylic acids is 1. The first-order valence-electron chi connectivity index (χ1n) is 12.9. The van der Waals surface area contributed by atoms with Crippen molar-refractivity contribution in [2.45, 2.75) is 13.0 Å². The normalized spacial score (nSPS) is 11.8. The zero-order chi connectivity index (χ0) is 28.5. The summed E-state index contributed by atoms with van der Waals surface area (Å²) in [5.41, 5.74) is 3.42. The highest BCUT2D eigenvalue weighted by atomic mass is 16.4. The van der Waals surface area contributed by atoms with E-state index in [9.17, 15) is 19.5 Å². The summed E-state index contributed by atoms with van der Waals surface area (Å²) in [5.74, 6) is -1.85.